The van der Waals surface area contributed by atoms with Crippen LogP contribution < -0.4 is 0 Å². The van der Waals surface area contributed by atoms with Gasteiger partial charge in [0, 0.05) is 28.4 Å². The zero-order chi connectivity index (χ0) is 62.1. The lowest BCUT2D eigenvalue weighted by atomic mass is 9.42. The first-order chi connectivity index (χ1) is 36.6. The zero-order valence-corrected chi connectivity index (χ0v) is 59.2. The SMILES string of the molecule is CC(C)(C)C1(C)COC1.CC(C)(C)C1(CO)CCCC1.CC(C)(C)C12CC3CC(CC(O)(C3)C1)C2.CC(C)(C)CC(C)(C)N1CCCCC1.CC(C)(C)CC1(C)COC1.CC(C)(C)CC1(CO)COC1.CC(C)(C)CCN1CCCC1. The molecule has 10 aliphatic rings. The fourth-order valence-electron chi connectivity index (χ4n) is 16.1. The molecule has 0 amide bonds. The molecule has 2 unspecified atom stereocenters. The number of rotatable bonds is 8. The number of ether oxygens (including phenoxy) is 3. The average Bonchev–Trinajstić information content (AvgIpc) is 3.98. The number of likely N-dealkylation sites (tertiary alicyclic amines) is 2. The van der Waals surface area contributed by atoms with E-state index < -0.39 is 0 Å². The Labute approximate surface area is 505 Å². The highest BCUT2D eigenvalue weighted by Crippen LogP contribution is 2.67. The summed E-state index contributed by atoms with van der Waals surface area (Å²) < 4.78 is 15.5. The monoisotopic (exact) mass is 1150 g/mol. The topological polar surface area (TPSA) is 94.9 Å². The first-order valence-corrected chi connectivity index (χ1v) is 33.7. The zero-order valence-electron chi connectivity index (χ0n) is 59.2. The standard InChI is InChI=1S/C14H24O.C13H27N.C10H21N.C10H20O.C9H18O2.C9H18O.C8H16O/c1-12(2,3)13-5-10-4-11(6-13)8-14(15,7-10)9-13;1-12(2,3)11-13(4,5)14-9-7-6-8-10-14;1-10(2,3)6-9-11-7-4-5-8-11;1-9(2,3)10(8-11)6-4-5-7-10;1-8(2,3)4-9(5-10)6-11-7-9;1-8(2,3)5-9(4)6-10-7-9;1-7(2,3)8(4)5-9-6-8/h10-11,15H,4-9H2,1-3H3;6-11H2,1-5H3;4-9H2,1-3H3;11H,4-8H2,1-3H3;10H,4-7H2,1-3H3;5-7H2,1-4H3;5-6H2,1-4H3. The Hall–Kier alpha value is -0.320. The van der Waals surface area contributed by atoms with Gasteiger partial charge in [-0.3, -0.25) is 4.90 Å². The van der Waals surface area contributed by atoms with E-state index in [1.807, 2.05) is 0 Å². The third-order valence-corrected chi connectivity index (χ3v) is 21.2. The van der Waals surface area contributed by atoms with Gasteiger partial charge in [-0.25, -0.2) is 0 Å². The first-order valence-electron chi connectivity index (χ1n) is 33.7. The van der Waals surface area contributed by atoms with Crippen LogP contribution in [-0.2, 0) is 14.2 Å². The third-order valence-electron chi connectivity index (χ3n) is 21.2. The molecule has 8 heteroatoms. The Morgan fingerprint density at radius 2 is 0.926 bits per heavy atom. The number of piperidine rings is 1. The van der Waals surface area contributed by atoms with Crippen molar-refractivity contribution in [1.29, 1.82) is 0 Å². The molecule has 5 saturated heterocycles. The molecule has 5 aliphatic heterocycles. The third kappa shape index (κ3) is 24.3. The molecule has 0 aromatic rings. The van der Waals surface area contributed by atoms with Gasteiger partial charge in [-0.2, -0.15) is 0 Å². The average molecular weight is 1150 g/mol. The summed E-state index contributed by atoms with van der Waals surface area (Å²) in [5.41, 5.74) is 4.56. The van der Waals surface area contributed by atoms with Gasteiger partial charge in [-0.05, 0) is 210 Å². The van der Waals surface area contributed by atoms with E-state index in [0.717, 1.165) is 77.2 Å². The molecule has 0 aromatic heterocycles. The molecule has 5 heterocycles. The molecule has 10 rings (SSSR count). The summed E-state index contributed by atoms with van der Waals surface area (Å²) in [5, 5.41) is 29.1. The molecule has 0 aromatic carbocycles. The van der Waals surface area contributed by atoms with Crippen LogP contribution >= 0.6 is 0 Å². The van der Waals surface area contributed by atoms with Crippen molar-refractivity contribution in [2.24, 2.45) is 76.8 Å². The molecule has 81 heavy (non-hydrogen) atoms. The largest absolute Gasteiger partial charge is 0.396 e. The lowest BCUT2D eigenvalue weighted by Crippen LogP contribution is -2.59. The molecular formula is C73H144N2O6. The van der Waals surface area contributed by atoms with E-state index in [-0.39, 0.29) is 28.5 Å². The van der Waals surface area contributed by atoms with Crippen molar-refractivity contribution in [1.82, 2.24) is 9.80 Å². The summed E-state index contributed by atoms with van der Waals surface area (Å²) in [6.07, 6.45) is 24.5. The van der Waals surface area contributed by atoms with Gasteiger partial charge in [0.15, 0.2) is 0 Å². The van der Waals surface area contributed by atoms with E-state index in [1.165, 1.54) is 129 Å². The van der Waals surface area contributed by atoms with Gasteiger partial charge in [0.2, 0.25) is 0 Å². The highest BCUT2D eigenvalue weighted by molar-refractivity contribution is 5.11. The molecule has 482 valence electrons. The van der Waals surface area contributed by atoms with Crippen LogP contribution in [0.15, 0.2) is 0 Å². The second kappa shape index (κ2) is 28.9. The van der Waals surface area contributed by atoms with Gasteiger partial charge in [-0.15, -0.1) is 0 Å². The summed E-state index contributed by atoms with van der Waals surface area (Å²) >= 11 is 0. The van der Waals surface area contributed by atoms with Crippen molar-refractivity contribution in [2.75, 3.05) is 85.6 Å². The lowest BCUT2D eigenvalue weighted by Gasteiger charge is -2.64. The number of hydrogen-bond donors (Lipinski definition) is 3. The van der Waals surface area contributed by atoms with Gasteiger partial charge < -0.3 is 34.4 Å². The first kappa shape index (κ1) is 74.9. The Morgan fingerprint density at radius 1 is 0.469 bits per heavy atom. The molecule has 5 aliphatic carbocycles. The fraction of sp³-hybridized carbons (Fsp3) is 1.00. The molecular weight excluding hydrogens is 1000 g/mol. The number of hydrogen-bond acceptors (Lipinski definition) is 8. The molecule has 3 N–H and O–H groups in total. The summed E-state index contributed by atoms with van der Waals surface area (Å²) in [5.74, 6) is 1.66. The lowest BCUT2D eigenvalue weighted by molar-refractivity contribution is -0.195. The van der Waals surface area contributed by atoms with E-state index in [1.54, 1.807) is 0 Å². The van der Waals surface area contributed by atoms with Crippen LogP contribution in [0.2, 0.25) is 0 Å². The highest BCUT2D eigenvalue weighted by atomic mass is 16.5. The highest BCUT2D eigenvalue weighted by Gasteiger charge is 2.60. The molecule has 0 spiro atoms. The van der Waals surface area contributed by atoms with Gasteiger partial charge in [-0.1, -0.05) is 179 Å². The maximum atomic E-state index is 10.6. The molecule has 0 radical (unpaired) electrons. The quantitative estimate of drug-likeness (QED) is 0.221. The summed E-state index contributed by atoms with van der Waals surface area (Å²) in [7, 11) is 0. The predicted molar refractivity (Wildman–Crippen MR) is 348 cm³/mol. The van der Waals surface area contributed by atoms with E-state index >= 15 is 0 Å². The van der Waals surface area contributed by atoms with Crippen LogP contribution in [-0.4, -0.2) is 122 Å². The Morgan fingerprint density at radius 3 is 1.19 bits per heavy atom. The van der Waals surface area contributed by atoms with Crippen molar-refractivity contribution >= 4 is 0 Å². The van der Waals surface area contributed by atoms with Gasteiger partial charge in [0.1, 0.15) is 0 Å². The van der Waals surface area contributed by atoms with Crippen molar-refractivity contribution < 1.29 is 29.5 Å². The van der Waals surface area contributed by atoms with Crippen LogP contribution in [0.25, 0.3) is 0 Å². The second-order valence-corrected chi connectivity index (χ2v) is 38.3. The molecule has 8 nitrogen and oxygen atoms in total. The normalized spacial score (nSPS) is 28.6. The summed E-state index contributed by atoms with van der Waals surface area (Å²) in [6.45, 7) is 70.1. The van der Waals surface area contributed by atoms with Crippen LogP contribution in [0.3, 0.4) is 0 Å². The van der Waals surface area contributed by atoms with Crippen molar-refractivity contribution in [3.8, 4) is 0 Å². The van der Waals surface area contributed by atoms with Gasteiger partial charge >= 0.3 is 0 Å². The van der Waals surface area contributed by atoms with Crippen LogP contribution in [0.5, 0.6) is 0 Å². The molecule has 4 bridgehead atoms. The molecule has 5 saturated carbocycles. The van der Waals surface area contributed by atoms with Crippen LogP contribution in [0, 0.1) is 76.8 Å². The van der Waals surface area contributed by atoms with E-state index in [0.29, 0.717) is 60.9 Å². The Balaban J connectivity index is 0.000000250. The maximum Gasteiger partial charge on any atom is 0.0658 e. The van der Waals surface area contributed by atoms with Crippen molar-refractivity contribution in [3.05, 3.63) is 0 Å². The smallest absolute Gasteiger partial charge is 0.0658 e. The van der Waals surface area contributed by atoms with E-state index in [4.69, 9.17) is 19.3 Å². The van der Waals surface area contributed by atoms with E-state index in [2.05, 4.69) is 183 Å². The van der Waals surface area contributed by atoms with E-state index in [9.17, 15) is 10.2 Å². The van der Waals surface area contributed by atoms with Crippen molar-refractivity contribution in [2.45, 2.75) is 306 Å². The summed E-state index contributed by atoms with van der Waals surface area (Å²) in [6, 6.07) is 0. The predicted octanol–water partition coefficient (Wildman–Crippen LogP) is 18.1. The van der Waals surface area contributed by atoms with Gasteiger partial charge in [0.05, 0.1) is 51.8 Å². The molecule has 2 atom stereocenters. The number of aliphatic hydroxyl groups is 3. The van der Waals surface area contributed by atoms with Crippen molar-refractivity contribution in [3.63, 3.8) is 0 Å². The fourth-order valence-corrected chi connectivity index (χ4v) is 16.1. The minimum atomic E-state index is -0.280. The second-order valence-electron chi connectivity index (χ2n) is 38.3. The maximum absolute atomic E-state index is 10.6. The van der Waals surface area contributed by atoms with Crippen LogP contribution in [0.1, 0.15) is 295 Å². The minimum absolute atomic E-state index is 0.0816. The van der Waals surface area contributed by atoms with Crippen LogP contribution in [0.4, 0.5) is 0 Å². The Bertz CT molecular complexity index is 1750. The summed E-state index contributed by atoms with van der Waals surface area (Å²) in [4.78, 5) is 5.27. The molecule has 10 fully saturated rings. The Kier molecular flexibility index (Phi) is 26.7. The number of aliphatic hydroxyl groups excluding tert-OH is 2. The minimum Gasteiger partial charge on any atom is -0.396 e. The van der Waals surface area contributed by atoms with Gasteiger partial charge in [0.25, 0.3) is 0 Å². The number of nitrogens with zero attached hydrogens (tertiary/aromatic N) is 2.